The van der Waals surface area contributed by atoms with Gasteiger partial charge in [-0.2, -0.15) is 0 Å². The molecule has 1 amide bonds. The molecule has 6 nitrogen and oxygen atoms in total. The van der Waals surface area contributed by atoms with Crippen LogP contribution in [0.3, 0.4) is 0 Å². The first-order valence-electron chi connectivity index (χ1n) is 9.36. The molecule has 0 unspecified atom stereocenters. The molecule has 2 aromatic rings. The van der Waals surface area contributed by atoms with E-state index in [-0.39, 0.29) is 10.8 Å². The van der Waals surface area contributed by atoms with Gasteiger partial charge in [0.05, 0.1) is 17.7 Å². The smallest absolute Gasteiger partial charge is 0.264 e. The maximum Gasteiger partial charge on any atom is 0.264 e. The molecule has 1 atom stereocenters. The number of sulfonamides is 1. The highest BCUT2D eigenvalue weighted by Gasteiger charge is 2.25. The maximum atomic E-state index is 13.0. The number of anilines is 1. The Labute approximate surface area is 166 Å². The van der Waals surface area contributed by atoms with Gasteiger partial charge in [-0.1, -0.05) is 19.1 Å². The topological polar surface area (TPSA) is 66.9 Å². The van der Waals surface area contributed by atoms with Crippen molar-refractivity contribution in [2.75, 3.05) is 31.6 Å². The number of ether oxygens (including phenoxy) is 1. The minimum absolute atomic E-state index is 0.0476. The van der Waals surface area contributed by atoms with E-state index in [1.807, 2.05) is 4.90 Å². The van der Waals surface area contributed by atoms with Crippen LogP contribution in [0.25, 0.3) is 0 Å². The average Bonchev–Trinajstić information content (AvgIpc) is 2.72. The first-order valence-corrected chi connectivity index (χ1v) is 10.8. The lowest BCUT2D eigenvalue weighted by molar-refractivity contribution is 0.0683. The number of rotatable bonds is 5. The van der Waals surface area contributed by atoms with Crippen LogP contribution in [-0.2, 0) is 10.0 Å². The summed E-state index contributed by atoms with van der Waals surface area (Å²) >= 11 is 0. The van der Waals surface area contributed by atoms with Gasteiger partial charge in [-0.15, -0.1) is 0 Å². The molecule has 3 rings (SSSR count). The van der Waals surface area contributed by atoms with Gasteiger partial charge >= 0.3 is 0 Å². The van der Waals surface area contributed by atoms with Gasteiger partial charge in [-0.05, 0) is 55.2 Å². The second-order valence-corrected chi connectivity index (χ2v) is 9.14. The quantitative estimate of drug-likeness (QED) is 0.769. The summed E-state index contributed by atoms with van der Waals surface area (Å²) in [5.74, 6) is 0.917. The lowest BCUT2D eigenvalue weighted by atomic mass is 9.99. The fraction of sp³-hybridized carbons (Fsp3) is 0.381. The summed E-state index contributed by atoms with van der Waals surface area (Å²) in [5, 5.41) is 0. The molecule has 1 aliphatic heterocycles. The molecule has 28 heavy (non-hydrogen) atoms. The molecule has 0 N–H and O–H groups in total. The highest BCUT2D eigenvalue weighted by atomic mass is 32.2. The second kappa shape index (κ2) is 8.22. The van der Waals surface area contributed by atoms with Gasteiger partial charge in [-0.25, -0.2) is 8.42 Å². The summed E-state index contributed by atoms with van der Waals surface area (Å²) in [6, 6.07) is 13.1. The zero-order chi connectivity index (χ0) is 20.3. The Morgan fingerprint density at radius 2 is 1.82 bits per heavy atom. The first kappa shape index (κ1) is 20.2. The van der Waals surface area contributed by atoms with Crippen LogP contribution < -0.4 is 9.04 Å². The number of carbonyl (C=O) groups is 1. The molecule has 0 saturated carbocycles. The summed E-state index contributed by atoms with van der Waals surface area (Å²) in [4.78, 5) is 14.7. The van der Waals surface area contributed by atoms with Crippen LogP contribution in [0.15, 0.2) is 53.4 Å². The van der Waals surface area contributed by atoms with E-state index in [2.05, 4.69) is 6.92 Å². The lowest BCUT2D eigenvalue weighted by Crippen LogP contribution is -2.39. The number of hydrogen-bond acceptors (Lipinski definition) is 4. The van der Waals surface area contributed by atoms with Crippen LogP contribution in [0, 0.1) is 5.92 Å². The van der Waals surface area contributed by atoms with Gasteiger partial charge < -0.3 is 9.64 Å². The molecule has 0 radical (unpaired) electrons. The fourth-order valence-corrected chi connectivity index (χ4v) is 4.71. The second-order valence-electron chi connectivity index (χ2n) is 7.17. The summed E-state index contributed by atoms with van der Waals surface area (Å²) in [7, 11) is -0.784. The van der Waals surface area contributed by atoms with E-state index in [4.69, 9.17) is 4.74 Å². The summed E-state index contributed by atoms with van der Waals surface area (Å²) < 4.78 is 32.5. The predicted molar refractivity (Wildman–Crippen MR) is 109 cm³/mol. The number of amides is 1. The number of likely N-dealkylation sites (tertiary alicyclic amines) is 1. The number of benzene rings is 2. The van der Waals surface area contributed by atoms with Gasteiger partial charge in [0.1, 0.15) is 5.75 Å². The molecule has 0 aromatic heterocycles. The van der Waals surface area contributed by atoms with E-state index in [1.165, 1.54) is 30.6 Å². The SMILES string of the molecule is COc1ccccc1N(C)S(=O)(=O)c1ccc(C(=O)N2CCC[C@@H](C)C2)cc1. The van der Waals surface area contributed by atoms with Crippen molar-refractivity contribution in [2.45, 2.75) is 24.7 Å². The number of carbonyl (C=O) groups excluding carboxylic acids is 1. The van der Waals surface area contributed by atoms with Crippen LogP contribution in [-0.4, -0.2) is 46.5 Å². The van der Waals surface area contributed by atoms with Gasteiger partial charge in [-0.3, -0.25) is 9.10 Å². The number of nitrogens with zero attached hydrogens (tertiary/aromatic N) is 2. The van der Waals surface area contributed by atoms with Crippen molar-refractivity contribution >= 4 is 21.6 Å². The van der Waals surface area contributed by atoms with E-state index in [0.717, 1.165) is 25.9 Å². The molecular formula is C21H26N2O4S. The number of piperidine rings is 1. The predicted octanol–water partition coefficient (Wildman–Crippen LogP) is 3.39. The third-order valence-electron chi connectivity index (χ3n) is 5.13. The Bertz CT molecular complexity index is 941. The summed E-state index contributed by atoms with van der Waals surface area (Å²) in [6.45, 7) is 3.64. The van der Waals surface area contributed by atoms with Crippen molar-refractivity contribution in [1.82, 2.24) is 4.90 Å². The Morgan fingerprint density at radius 3 is 2.46 bits per heavy atom. The van der Waals surface area contributed by atoms with Gasteiger partial charge in [0.25, 0.3) is 15.9 Å². The van der Waals surface area contributed by atoms with Crippen LogP contribution >= 0.6 is 0 Å². The molecule has 0 spiro atoms. The minimum atomic E-state index is -3.77. The third-order valence-corrected chi connectivity index (χ3v) is 6.91. The molecule has 0 bridgehead atoms. The molecule has 1 fully saturated rings. The fourth-order valence-electron chi connectivity index (χ4n) is 3.50. The standard InChI is InChI=1S/C21H26N2O4S/c1-16-7-6-14-23(15-16)21(24)17-10-12-18(13-11-17)28(25,26)22(2)19-8-4-5-9-20(19)27-3/h4-5,8-13,16H,6-7,14-15H2,1-3H3/t16-/m1/s1. The van der Waals surface area contributed by atoms with Gasteiger partial charge in [0.15, 0.2) is 0 Å². The Morgan fingerprint density at radius 1 is 1.14 bits per heavy atom. The molecule has 150 valence electrons. The zero-order valence-corrected chi connectivity index (χ0v) is 17.3. The maximum absolute atomic E-state index is 13.0. The molecule has 1 saturated heterocycles. The molecule has 0 aliphatic carbocycles. The first-order chi connectivity index (χ1) is 13.3. The number of hydrogen-bond donors (Lipinski definition) is 0. The molecular weight excluding hydrogens is 376 g/mol. The Kier molecular flexibility index (Phi) is 5.93. The van der Waals surface area contributed by atoms with E-state index < -0.39 is 10.0 Å². The highest BCUT2D eigenvalue weighted by molar-refractivity contribution is 7.92. The molecule has 1 aliphatic rings. The molecule has 1 heterocycles. The number of methoxy groups -OCH3 is 1. The summed E-state index contributed by atoms with van der Waals surface area (Å²) in [5.41, 5.74) is 0.959. The van der Waals surface area contributed by atoms with Crippen molar-refractivity contribution in [1.29, 1.82) is 0 Å². The van der Waals surface area contributed by atoms with E-state index in [0.29, 0.717) is 22.9 Å². The zero-order valence-electron chi connectivity index (χ0n) is 16.5. The van der Waals surface area contributed by atoms with Gasteiger partial charge in [0.2, 0.25) is 0 Å². The molecule has 2 aromatic carbocycles. The van der Waals surface area contributed by atoms with Crippen molar-refractivity contribution in [3.05, 3.63) is 54.1 Å². The van der Waals surface area contributed by atoms with E-state index >= 15 is 0 Å². The molecule has 7 heteroatoms. The van der Waals surface area contributed by atoms with Crippen LogP contribution in [0.1, 0.15) is 30.1 Å². The largest absolute Gasteiger partial charge is 0.495 e. The van der Waals surface area contributed by atoms with Crippen LogP contribution in [0.4, 0.5) is 5.69 Å². The van der Waals surface area contributed by atoms with Gasteiger partial charge in [0, 0.05) is 25.7 Å². The lowest BCUT2D eigenvalue weighted by Gasteiger charge is -2.31. The van der Waals surface area contributed by atoms with Crippen LogP contribution in [0.5, 0.6) is 5.75 Å². The average molecular weight is 403 g/mol. The normalized spacial score (nSPS) is 17.2. The van der Waals surface area contributed by atoms with Crippen molar-refractivity contribution < 1.29 is 17.9 Å². The van der Waals surface area contributed by atoms with Crippen molar-refractivity contribution in [3.8, 4) is 5.75 Å². The van der Waals surface area contributed by atoms with Crippen molar-refractivity contribution in [2.24, 2.45) is 5.92 Å². The van der Waals surface area contributed by atoms with E-state index in [9.17, 15) is 13.2 Å². The van der Waals surface area contributed by atoms with Crippen molar-refractivity contribution in [3.63, 3.8) is 0 Å². The summed E-state index contributed by atoms with van der Waals surface area (Å²) in [6.07, 6.45) is 2.14. The Hall–Kier alpha value is -2.54. The monoisotopic (exact) mass is 402 g/mol. The van der Waals surface area contributed by atoms with Crippen LogP contribution in [0.2, 0.25) is 0 Å². The van der Waals surface area contributed by atoms with E-state index in [1.54, 1.807) is 36.4 Å². The number of para-hydroxylation sites is 2. The minimum Gasteiger partial charge on any atom is -0.495 e. The third kappa shape index (κ3) is 3.99. The highest BCUT2D eigenvalue weighted by Crippen LogP contribution is 2.31. The Balaban J connectivity index is 1.82.